The van der Waals surface area contributed by atoms with E-state index in [-0.39, 0.29) is 5.91 Å². The molecule has 23 heavy (non-hydrogen) atoms. The van der Waals surface area contributed by atoms with Gasteiger partial charge in [-0.25, -0.2) is 4.98 Å². The Hall–Kier alpha value is -2.15. The van der Waals surface area contributed by atoms with Gasteiger partial charge >= 0.3 is 0 Å². The first-order valence-electron chi connectivity index (χ1n) is 8.01. The van der Waals surface area contributed by atoms with E-state index in [1.165, 1.54) is 0 Å². The lowest BCUT2D eigenvalue weighted by Gasteiger charge is -2.34. The zero-order valence-electron chi connectivity index (χ0n) is 13.7. The van der Waals surface area contributed by atoms with Gasteiger partial charge in [0.2, 0.25) is 5.91 Å². The molecule has 0 aromatic carbocycles. The van der Waals surface area contributed by atoms with E-state index < -0.39 is 0 Å². The molecule has 2 aromatic heterocycles. The molecule has 124 valence electrons. The van der Waals surface area contributed by atoms with Gasteiger partial charge in [-0.1, -0.05) is 5.16 Å². The molecular formula is C16H23N5O2. The van der Waals surface area contributed by atoms with Gasteiger partial charge in [0.15, 0.2) is 0 Å². The molecule has 3 heterocycles. The molecule has 0 bridgehead atoms. The average Bonchev–Trinajstić information content (AvgIpc) is 3.18. The van der Waals surface area contributed by atoms with Gasteiger partial charge in [-0.3, -0.25) is 9.69 Å². The summed E-state index contributed by atoms with van der Waals surface area (Å²) in [5, 5.41) is 3.91. The predicted octanol–water partition coefficient (Wildman–Crippen LogP) is 0.875. The maximum Gasteiger partial charge on any atom is 0.227 e. The number of rotatable bonds is 5. The number of carbonyl (C=O) groups excluding carboxylic acids is 1. The third-order valence-corrected chi connectivity index (χ3v) is 4.47. The maximum absolute atomic E-state index is 12.4. The second kappa shape index (κ2) is 6.95. The van der Waals surface area contributed by atoms with Crippen molar-refractivity contribution >= 4 is 5.91 Å². The van der Waals surface area contributed by atoms with Crippen LogP contribution in [-0.4, -0.2) is 63.1 Å². The average molecular weight is 317 g/mol. The molecule has 0 saturated carbocycles. The number of aromatic nitrogens is 3. The van der Waals surface area contributed by atoms with Gasteiger partial charge in [0.25, 0.3) is 0 Å². The molecule has 0 aliphatic carbocycles. The van der Waals surface area contributed by atoms with Crippen LogP contribution in [0.3, 0.4) is 0 Å². The van der Waals surface area contributed by atoms with Crippen LogP contribution in [0.1, 0.15) is 17.0 Å². The van der Waals surface area contributed by atoms with E-state index in [0.29, 0.717) is 6.42 Å². The van der Waals surface area contributed by atoms with Gasteiger partial charge in [-0.05, 0) is 13.8 Å². The van der Waals surface area contributed by atoms with Crippen LogP contribution in [0.5, 0.6) is 0 Å². The molecule has 1 aliphatic heterocycles. The minimum Gasteiger partial charge on any atom is -0.361 e. The SMILES string of the molecule is Cc1noc(C)c1CC(=O)N1CCN(CCn2ccnc2)CC1. The molecule has 0 atom stereocenters. The number of aryl methyl sites for hydroxylation is 2. The number of imidazole rings is 1. The van der Waals surface area contributed by atoms with Crippen LogP contribution in [0.4, 0.5) is 0 Å². The van der Waals surface area contributed by atoms with Crippen LogP contribution in [-0.2, 0) is 17.8 Å². The number of hydrogen-bond donors (Lipinski definition) is 0. The highest BCUT2D eigenvalue weighted by atomic mass is 16.5. The summed E-state index contributed by atoms with van der Waals surface area (Å²) in [5.74, 6) is 0.906. The molecular weight excluding hydrogens is 294 g/mol. The number of amides is 1. The monoisotopic (exact) mass is 317 g/mol. The van der Waals surface area contributed by atoms with Crippen molar-refractivity contribution in [3.63, 3.8) is 0 Å². The second-order valence-corrected chi connectivity index (χ2v) is 6.00. The van der Waals surface area contributed by atoms with Crippen LogP contribution in [0, 0.1) is 13.8 Å². The van der Waals surface area contributed by atoms with Crippen molar-refractivity contribution in [2.45, 2.75) is 26.8 Å². The summed E-state index contributed by atoms with van der Waals surface area (Å²) in [6.45, 7) is 9.07. The van der Waals surface area contributed by atoms with Gasteiger partial charge < -0.3 is 14.0 Å². The van der Waals surface area contributed by atoms with E-state index in [1.54, 1.807) is 6.20 Å². The molecule has 1 aliphatic rings. The van der Waals surface area contributed by atoms with Gasteiger partial charge in [0.05, 0.1) is 18.4 Å². The summed E-state index contributed by atoms with van der Waals surface area (Å²) in [7, 11) is 0. The topological polar surface area (TPSA) is 67.4 Å². The fourth-order valence-electron chi connectivity index (χ4n) is 2.91. The van der Waals surface area contributed by atoms with Crippen LogP contribution in [0.2, 0.25) is 0 Å². The molecule has 0 N–H and O–H groups in total. The zero-order chi connectivity index (χ0) is 16.2. The molecule has 7 nitrogen and oxygen atoms in total. The van der Waals surface area contributed by atoms with E-state index >= 15 is 0 Å². The van der Waals surface area contributed by atoms with Crippen LogP contribution in [0.15, 0.2) is 23.2 Å². The van der Waals surface area contributed by atoms with E-state index in [0.717, 1.165) is 56.3 Å². The molecule has 2 aromatic rings. The van der Waals surface area contributed by atoms with E-state index in [4.69, 9.17) is 4.52 Å². The summed E-state index contributed by atoms with van der Waals surface area (Å²) < 4.78 is 7.21. The highest BCUT2D eigenvalue weighted by molar-refractivity contribution is 5.79. The van der Waals surface area contributed by atoms with Crippen LogP contribution < -0.4 is 0 Å². The standard InChI is InChI=1S/C16H23N5O2/c1-13-15(14(2)23-18-13)11-16(22)21-9-7-19(8-10-21)5-6-20-4-3-17-12-20/h3-4,12H,5-11H2,1-2H3. The first-order valence-corrected chi connectivity index (χ1v) is 8.01. The lowest BCUT2D eigenvalue weighted by molar-refractivity contribution is -0.132. The first-order chi connectivity index (χ1) is 11.1. The lowest BCUT2D eigenvalue weighted by Crippen LogP contribution is -2.49. The fraction of sp³-hybridized carbons (Fsp3) is 0.562. The normalized spacial score (nSPS) is 16.0. The van der Waals surface area contributed by atoms with Gasteiger partial charge in [-0.2, -0.15) is 0 Å². The summed E-state index contributed by atoms with van der Waals surface area (Å²) in [4.78, 5) is 20.8. The Morgan fingerprint density at radius 2 is 2.00 bits per heavy atom. The quantitative estimate of drug-likeness (QED) is 0.819. The van der Waals surface area contributed by atoms with Crippen LogP contribution >= 0.6 is 0 Å². The van der Waals surface area contributed by atoms with Crippen molar-refractivity contribution < 1.29 is 9.32 Å². The largest absolute Gasteiger partial charge is 0.361 e. The van der Waals surface area contributed by atoms with Crippen molar-refractivity contribution in [3.8, 4) is 0 Å². The van der Waals surface area contributed by atoms with Gasteiger partial charge in [0, 0.05) is 57.2 Å². The highest BCUT2D eigenvalue weighted by Gasteiger charge is 2.23. The minimum atomic E-state index is 0.161. The van der Waals surface area contributed by atoms with Crippen molar-refractivity contribution in [1.29, 1.82) is 0 Å². The van der Waals surface area contributed by atoms with E-state index in [9.17, 15) is 4.79 Å². The van der Waals surface area contributed by atoms with E-state index in [2.05, 4.69) is 19.6 Å². The molecule has 0 spiro atoms. The molecule has 1 amide bonds. The first kappa shape index (κ1) is 15.7. The number of hydrogen-bond acceptors (Lipinski definition) is 5. The van der Waals surface area contributed by atoms with Gasteiger partial charge in [0.1, 0.15) is 5.76 Å². The van der Waals surface area contributed by atoms with Crippen molar-refractivity contribution in [2.24, 2.45) is 0 Å². The Bertz CT molecular complexity index is 622. The zero-order valence-corrected chi connectivity index (χ0v) is 13.7. The molecule has 0 radical (unpaired) electrons. The molecule has 1 saturated heterocycles. The van der Waals surface area contributed by atoms with Crippen molar-refractivity contribution in [3.05, 3.63) is 35.7 Å². The van der Waals surface area contributed by atoms with Gasteiger partial charge in [-0.15, -0.1) is 0 Å². The predicted molar refractivity (Wildman–Crippen MR) is 84.9 cm³/mol. The molecule has 0 unspecified atom stereocenters. The Morgan fingerprint density at radius 3 is 2.61 bits per heavy atom. The summed E-state index contributed by atoms with van der Waals surface area (Å²) in [5.41, 5.74) is 1.74. The van der Waals surface area contributed by atoms with Crippen molar-refractivity contribution in [1.82, 2.24) is 24.5 Å². The van der Waals surface area contributed by atoms with Crippen molar-refractivity contribution in [2.75, 3.05) is 32.7 Å². The third kappa shape index (κ3) is 3.79. The Labute approximate surface area is 135 Å². The smallest absolute Gasteiger partial charge is 0.227 e. The fourth-order valence-corrected chi connectivity index (χ4v) is 2.91. The minimum absolute atomic E-state index is 0.161. The molecule has 1 fully saturated rings. The van der Waals surface area contributed by atoms with Crippen LogP contribution in [0.25, 0.3) is 0 Å². The second-order valence-electron chi connectivity index (χ2n) is 6.00. The Balaban J connectivity index is 1.46. The lowest BCUT2D eigenvalue weighted by atomic mass is 10.1. The number of nitrogens with zero attached hydrogens (tertiary/aromatic N) is 5. The Kier molecular flexibility index (Phi) is 4.76. The molecule has 3 rings (SSSR count). The maximum atomic E-state index is 12.4. The summed E-state index contributed by atoms with van der Waals surface area (Å²) >= 11 is 0. The number of piperazine rings is 1. The summed E-state index contributed by atoms with van der Waals surface area (Å²) in [6.07, 6.45) is 5.99. The Morgan fingerprint density at radius 1 is 1.22 bits per heavy atom. The number of carbonyl (C=O) groups is 1. The van der Waals surface area contributed by atoms with E-state index in [1.807, 2.05) is 31.3 Å². The summed E-state index contributed by atoms with van der Waals surface area (Å²) in [6, 6.07) is 0. The molecule has 7 heteroatoms. The highest BCUT2D eigenvalue weighted by Crippen LogP contribution is 2.14. The third-order valence-electron chi connectivity index (χ3n) is 4.47.